The van der Waals surface area contributed by atoms with E-state index in [4.69, 9.17) is 0 Å². The second kappa shape index (κ2) is 8.89. The van der Waals surface area contributed by atoms with Gasteiger partial charge < -0.3 is 5.32 Å². The summed E-state index contributed by atoms with van der Waals surface area (Å²) in [6.07, 6.45) is 1.04. The number of halogens is 1. The van der Waals surface area contributed by atoms with Gasteiger partial charge in [0.05, 0.1) is 18.5 Å². The lowest BCUT2D eigenvalue weighted by atomic mass is 10.0. The zero-order valence-corrected chi connectivity index (χ0v) is 18.8. The molecule has 0 fully saturated rings. The van der Waals surface area contributed by atoms with Crippen molar-refractivity contribution in [1.82, 2.24) is 0 Å². The second-order valence-electron chi connectivity index (χ2n) is 7.65. The molecule has 0 spiro atoms. The molecule has 0 aliphatic carbocycles. The largest absolute Gasteiger partial charge is 0.322 e. The van der Waals surface area contributed by atoms with E-state index in [0.717, 1.165) is 32.9 Å². The molecule has 0 saturated carbocycles. The van der Waals surface area contributed by atoms with Gasteiger partial charge in [-0.2, -0.15) is 0 Å². The van der Waals surface area contributed by atoms with Crippen LogP contribution in [0.4, 0.5) is 15.8 Å². The molecule has 31 heavy (non-hydrogen) atoms. The fourth-order valence-corrected chi connectivity index (χ4v) is 4.41. The molecular formula is C24H25FN2O3S. The molecule has 0 unspecified atom stereocenters. The zero-order valence-electron chi connectivity index (χ0n) is 17.9. The maximum absolute atomic E-state index is 14.2. The van der Waals surface area contributed by atoms with E-state index in [2.05, 4.69) is 5.32 Å². The Morgan fingerprint density at radius 3 is 2.10 bits per heavy atom. The number of benzene rings is 3. The van der Waals surface area contributed by atoms with Crippen LogP contribution in [0, 0.1) is 26.6 Å². The van der Waals surface area contributed by atoms with E-state index in [9.17, 15) is 17.6 Å². The van der Waals surface area contributed by atoms with Crippen LogP contribution < -0.4 is 9.62 Å². The number of rotatable bonds is 6. The molecule has 0 aromatic heterocycles. The minimum Gasteiger partial charge on any atom is -0.322 e. The van der Waals surface area contributed by atoms with Crippen LogP contribution >= 0.6 is 0 Å². The summed E-state index contributed by atoms with van der Waals surface area (Å²) in [5.41, 5.74) is 4.93. The van der Waals surface area contributed by atoms with Crippen LogP contribution in [0.15, 0.2) is 60.7 Å². The molecule has 0 aliphatic heterocycles. The minimum absolute atomic E-state index is 0.0165. The van der Waals surface area contributed by atoms with E-state index in [1.165, 1.54) is 18.2 Å². The molecule has 0 radical (unpaired) electrons. The van der Waals surface area contributed by atoms with Crippen molar-refractivity contribution in [2.24, 2.45) is 0 Å². The van der Waals surface area contributed by atoms with Crippen molar-refractivity contribution in [1.29, 1.82) is 0 Å². The third kappa shape index (κ3) is 5.30. The van der Waals surface area contributed by atoms with Crippen molar-refractivity contribution in [3.63, 3.8) is 0 Å². The molecule has 3 aromatic carbocycles. The number of aryl methyl sites for hydroxylation is 3. The summed E-state index contributed by atoms with van der Waals surface area (Å²) in [6, 6.07) is 16.3. The van der Waals surface area contributed by atoms with E-state index in [1.54, 1.807) is 30.3 Å². The number of amides is 1. The van der Waals surface area contributed by atoms with Gasteiger partial charge in [0.1, 0.15) is 5.82 Å². The highest BCUT2D eigenvalue weighted by atomic mass is 32.2. The Kier molecular flexibility index (Phi) is 6.45. The van der Waals surface area contributed by atoms with Gasteiger partial charge in [-0.05, 0) is 61.7 Å². The molecule has 0 saturated heterocycles. The summed E-state index contributed by atoms with van der Waals surface area (Å²) in [5, 5.41) is 2.94. The Morgan fingerprint density at radius 2 is 1.55 bits per heavy atom. The van der Waals surface area contributed by atoms with E-state index in [-0.39, 0.29) is 18.1 Å². The van der Waals surface area contributed by atoms with Gasteiger partial charge in [-0.1, -0.05) is 42.0 Å². The molecule has 5 nitrogen and oxygen atoms in total. The minimum atomic E-state index is -3.70. The molecule has 162 valence electrons. The van der Waals surface area contributed by atoms with Gasteiger partial charge >= 0.3 is 0 Å². The summed E-state index contributed by atoms with van der Waals surface area (Å²) in [4.78, 5) is 12.7. The molecule has 0 heterocycles. The number of sulfonamides is 1. The van der Waals surface area contributed by atoms with E-state index >= 15 is 0 Å². The smallest absolute Gasteiger partial charge is 0.255 e. The molecule has 1 N–H and O–H groups in total. The lowest BCUT2D eigenvalue weighted by molar-refractivity contribution is 0.102. The Balaban J connectivity index is 1.81. The van der Waals surface area contributed by atoms with Crippen LogP contribution in [0.1, 0.15) is 32.6 Å². The van der Waals surface area contributed by atoms with Crippen LogP contribution in [-0.4, -0.2) is 20.6 Å². The van der Waals surface area contributed by atoms with E-state index in [1.807, 2.05) is 32.9 Å². The van der Waals surface area contributed by atoms with Crippen LogP contribution in [0.3, 0.4) is 0 Å². The number of nitrogens with zero attached hydrogens (tertiary/aromatic N) is 1. The number of para-hydroxylation sites is 1. The first kappa shape index (κ1) is 22.5. The SMILES string of the molecule is Cc1cc(C)c(NC(=O)c2ccc(CN(c3ccccc3F)S(C)(=O)=O)cc2)c(C)c1. The number of anilines is 2. The lowest BCUT2D eigenvalue weighted by Crippen LogP contribution is -2.30. The average Bonchev–Trinajstić information content (AvgIpc) is 2.69. The molecule has 1 amide bonds. The van der Waals surface area contributed by atoms with Crippen LogP contribution in [0.25, 0.3) is 0 Å². The third-order valence-corrected chi connectivity index (χ3v) is 6.11. The Hall–Kier alpha value is -3.19. The molecule has 7 heteroatoms. The fraction of sp³-hybridized carbons (Fsp3) is 0.208. The molecule has 3 aromatic rings. The predicted octanol–water partition coefficient (Wildman–Crippen LogP) is 4.97. The number of carbonyl (C=O) groups excluding carboxylic acids is 1. The maximum Gasteiger partial charge on any atom is 0.255 e. The highest BCUT2D eigenvalue weighted by Crippen LogP contribution is 2.25. The van der Waals surface area contributed by atoms with Crippen molar-refractivity contribution < 1.29 is 17.6 Å². The zero-order chi connectivity index (χ0) is 22.8. The third-order valence-electron chi connectivity index (χ3n) is 4.98. The molecule has 0 bridgehead atoms. The van der Waals surface area contributed by atoms with Gasteiger partial charge in [0.2, 0.25) is 10.0 Å². The standard InChI is InChI=1S/C24H25FN2O3S/c1-16-13-17(2)23(18(3)14-16)26-24(28)20-11-9-19(10-12-20)15-27(31(4,29)30)22-8-6-5-7-21(22)25/h5-14H,15H2,1-4H3,(H,26,28). The summed E-state index contributed by atoms with van der Waals surface area (Å²) in [6.45, 7) is 5.85. The normalized spacial score (nSPS) is 11.3. The first-order valence-electron chi connectivity index (χ1n) is 9.76. The Bertz CT molecular complexity index is 1200. The highest BCUT2D eigenvalue weighted by molar-refractivity contribution is 7.92. The Morgan fingerprint density at radius 1 is 0.968 bits per heavy atom. The Labute approximate surface area is 182 Å². The van der Waals surface area contributed by atoms with Gasteiger partial charge in [-0.3, -0.25) is 9.10 Å². The van der Waals surface area contributed by atoms with Crippen molar-refractivity contribution in [3.8, 4) is 0 Å². The number of nitrogens with one attached hydrogen (secondary N) is 1. The van der Waals surface area contributed by atoms with Crippen LogP contribution in [-0.2, 0) is 16.6 Å². The maximum atomic E-state index is 14.2. The quantitative estimate of drug-likeness (QED) is 0.589. The summed E-state index contributed by atoms with van der Waals surface area (Å²) in [5.74, 6) is -0.872. The van der Waals surface area contributed by atoms with Gasteiger partial charge in [0, 0.05) is 11.3 Å². The average molecular weight is 441 g/mol. The van der Waals surface area contributed by atoms with Gasteiger partial charge in [0.15, 0.2) is 0 Å². The first-order chi connectivity index (χ1) is 14.6. The molecule has 3 rings (SSSR count). The van der Waals surface area contributed by atoms with E-state index < -0.39 is 15.8 Å². The molecule has 0 aliphatic rings. The van der Waals surface area contributed by atoms with Gasteiger partial charge in [-0.15, -0.1) is 0 Å². The van der Waals surface area contributed by atoms with Crippen molar-refractivity contribution in [3.05, 3.63) is 94.3 Å². The number of hydrogen-bond acceptors (Lipinski definition) is 3. The topological polar surface area (TPSA) is 66.5 Å². The number of hydrogen-bond donors (Lipinski definition) is 1. The van der Waals surface area contributed by atoms with Crippen molar-refractivity contribution >= 4 is 27.3 Å². The summed E-state index contributed by atoms with van der Waals surface area (Å²) >= 11 is 0. The van der Waals surface area contributed by atoms with Gasteiger partial charge in [0.25, 0.3) is 5.91 Å². The predicted molar refractivity (Wildman–Crippen MR) is 122 cm³/mol. The molecule has 0 atom stereocenters. The second-order valence-corrected chi connectivity index (χ2v) is 9.55. The first-order valence-corrected chi connectivity index (χ1v) is 11.6. The van der Waals surface area contributed by atoms with Crippen LogP contribution in [0.5, 0.6) is 0 Å². The summed E-state index contributed by atoms with van der Waals surface area (Å²) in [7, 11) is -3.70. The van der Waals surface area contributed by atoms with Crippen molar-refractivity contribution in [2.75, 3.05) is 15.9 Å². The van der Waals surface area contributed by atoms with Crippen LogP contribution in [0.2, 0.25) is 0 Å². The number of carbonyl (C=O) groups is 1. The fourth-order valence-electron chi connectivity index (χ4n) is 3.53. The van der Waals surface area contributed by atoms with Gasteiger partial charge in [-0.25, -0.2) is 12.8 Å². The molecular weight excluding hydrogens is 415 g/mol. The highest BCUT2D eigenvalue weighted by Gasteiger charge is 2.21. The monoisotopic (exact) mass is 440 g/mol. The summed E-state index contributed by atoms with van der Waals surface area (Å²) < 4.78 is 39.7. The lowest BCUT2D eigenvalue weighted by Gasteiger charge is -2.23. The van der Waals surface area contributed by atoms with E-state index in [0.29, 0.717) is 11.1 Å². The van der Waals surface area contributed by atoms with Crippen molar-refractivity contribution in [2.45, 2.75) is 27.3 Å².